The lowest BCUT2D eigenvalue weighted by atomic mass is 9.47. The van der Waals surface area contributed by atoms with Gasteiger partial charge in [-0.05, 0) is 117 Å². The molecule has 1 aliphatic heterocycles. The second-order valence-electron chi connectivity index (χ2n) is 17.8. The summed E-state index contributed by atoms with van der Waals surface area (Å²) < 4.78 is 40.3. The van der Waals surface area contributed by atoms with E-state index in [-0.39, 0.29) is 30.5 Å². The van der Waals surface area contributed by atoms with E-state index in [1.54, 1.807) is 5.57 Å². The maximum absolute atomic E-state index is 7.12. The second-order valence-corrected chi connectivity index (χ2v) is 17.8. The number of ether oxygens (including phenoxy) is 6. The van der Waals surface area contributed by atoms with Crippen molar-refractivity contribution in [2.24, 2.45) is 40.4 Å². The minimum Gasteiger partial charge on any atom is -0.379 e. The zero-order valence-corrected chi connectivity index (χ0v) is 33.7. The first-order chi connectivity index (χ1) is 24.2. The Morgan fingerprint density at radius 1 is 0.740 bits per heavy atom. The normalized spacial score (nSPS) is 40.0. The molecule has 2 unspecified atom stereocenters. The molecule has 0 amide bonds. The second kappa shape index (κ2) is 19.2. The maximum Gasteiger partial charge on any atom is 0.187 e. The first kappa shape index (κ1) is 40.7. The van der Waals surface area contributed by atoms with E-state index in [2.05, 4.69) is 61.5 Å². The highest BCUT2D eigenvalue weighted by atomic mass is 16.7. The van der Waals surface area contributed by atoms with Gasteiger partial charge in [-0.3, -0.25) is 0 Å². The number of hydrogen-bond acceptors (Lipinski definition) is 6. The highest BCUT2D eigenvalue weighted by molar-refractivity contribution is 5.25. The van der Waals surface area contributed by atoms with Crippen LogP contribution in [0.2, 0.25) is 0 Å². The molecule has 1 saturated heterocycles. The van der Waals surface area contributed by atoms with Crippen LogP contribution in [0.1, 0.15) is 158 Å². The van der Waals surface area contributed by atoms with E-state index >= 15 is 0 Å². The Balaban J connectivity index is 1.34. The third-order valence-corrected chi connectivity index (χ3v) is 14.2. The molecule has 6 heteroatoms. The van der Waals surface area contributed by atoms with Gasteiger partial charge in [0.25, 0.3) is 0 Å². The molecule has 0 aromatic carbocycles. The van der Waals surface area contributed by atoms with Gasteiger partial charge in [-0.2, -0.15) is 0 Å². The van der Waals surface area contributed by atoms with Gasteiger partial charge in [0.05, 0.1) is 12.7 Å². The molecule has 6 nitrogen and oxygen atoms in total. The van der Waals surface area contributed by atoms with E-state index in [0.29, 0.717) is 37.3 Å². The predicted molar refractivity (Wildman–Crippen MR) is 203 cm³/mol. The van der Waals surface area contributed by atoms with Gasteiger partial charge >= 0.3 is 0 Å². The van der Waals surface area contributed by atoms with Crippen LogP contribution < -0.4 is 0 Å². The minimum atomic E-state index is -0.502. The molecule has 1 heterocycles. The molecular formula is C44H78O6. The van der Waals surface area contributed by atoms with Crippen molar-refractivity contribution in [1.82, 2.24) is 0 Å². The fraction of sp³-hybridized carbons (Fsp3) is 0.955. The predicted octanol–water partition coefficient (Wildman–Crippen LogP) is 10.7. The summed E-state index contributed by atoms with van der Waals surface area (Å²) in [6, 6.07) is 0. The van der Waals surface area contributed by atoms with Crippen LogP contribution >= 0.6 is 0 Å². The monoisotopic (exact) mass is 703 g/mol. The lowest BCUT2D eigenvalue weighted by molar-refractivity contribution is -0.333. The molecule has 0 aromatic rings. The Morgan fingerprint density at radius 2 is 1.38 bits per heavy atom. The van der Waals surface area contributed by atoms with Crippen molar-refractivity contribution in [3.05, 3.63) is 11.6 Å². The van der Waals surface area contributed by atoms with E-state index in [1.165, 1.54) is 38.5 Å². The fourth-order valence-electron chi connectivity index (χ4n) is 11.3. The largest absolute Gasteiger partial charge is 0.379 e. The average molecular weight is 703 g/mol. The number of allylic oxidation sites excluding steroid dienone is 1. The van der Waals surface area contributed by atoms with Crippen LogP contribution in [0, 0.1) is 40.4 Å². The number of rotatable bonds is 20. The molecule has 4 aliphatic carbocycles. The van der Waals surface area contributed by atoms with Crippen molar-refractivity contribution < 1.29 is 28.4 Å². The fourth-order valence-corrected chi connectivity index (χ4v) is 11.3. The van der Waals surface area contributed by atoms with Gasteiger partial charge in [0.1, 0.15) is 24.4 Å². The van der Waals surface area contributed by atoms with Gasteiger partial charge in [0.15, 0.2) is 6.29 Å². The molecule has 290 valence electrons. The zero-order chi connectivity index (χ0) is 35.7. The summed E-state index contributed by atoms with van der Waals surface area (Å²) in [5.74, 6) is 4.24. The highest BCUT2D eigenvalue weighted by Gasteiger charge is 2.59. The summed E-state index contributed by atoms with van der Waals surface area (Å²) in [7, 11) is 0. The molecule has 5 aliphatic rings. The number of hydrogen-bond donors (Lipinski definition) is 0. The maximum atomic E-state index is 7.12. The summed E-state index contributed by atoms with van der Waals surface area (Å²) in [6.45, 7) is 22.4. The van der Waals surface area contributed by atoms with Crippen molar-refractivity contribution in [2.45, 2.75) is 195 Å². The van der Waals surface area contributed by atoms with Crippen molar-refractivity contribution >= 4 is 0 Å². The Bertz CT molecular complexity index is 1030. The van der Waals surface area contributed by atoms with Gasteiger partial charge in [-0.15, -0.1) is 0 Å². The van der Waals surface area contributed by atoms with Crippen LogP contribution in [-0.2, 0) is 28.4 Å². The SMILES string of the molecule is CCCCOCC1O[C@H](O[C@H]2CC[C@@]3(C)C(=CC[C@H]4[C@@H]5CC[C@H](C(C)C)[C@@]5(C)CC[C@@H]43)C2)C(OCCCC)[C@@H](OCCCC)[C@H]1OCCCC. The van der Waals surface area contributed by atoms with E-state index in [1.807, 2.05) is 0 Å². The summed E-state index contributed by atoms with van der Waals surface area (Å²) in [6.07, 6.45) is 19.9. The Morgan fingerprint density at radius 3 is 2.04 bits per heavy atom. The lowest BCUT2D eigenvalue weighted by Gasteiger charge is -2.58. The quantitative estimate of drug-likeness (QED) is 0.0930. The van der Waals surface area contributed by atoms with Crippen molar-refractivity contribution in [3.63, 3.8) is 0 Å². The summed E-state index contributed by atoms with van der Waals surface area (Å²) in [4.78, 5) is 0. The topological polar surface area (TPSA) is 55.4 Å². The number of fused-ring (bicyclic) bond motifs is 5. The molecule has 0 radical (unpaired) electrons. The summed E-state index contributed by atoms with van der Waals surface area (Å²) in [5.41, 5.74) is 2.49. The minimum absolute atomic E-state index is 0.120. The zero-order valence-electron chi connectivity index (χ0n) is 33.7. The Labute approximate surface area is 307 Å². The van der Waals surface area contributed by atoms with Crippen molar-refractivity contribution in [2.75, 3.05) is 33.0 Å². The van der Waals surface area contributed by atoms with E-state index in [4.69, 9.17) is 28.4 Å². The first-order valence-corrected chi connectivity index (χ1v) is 21.6. The summed E-state index contributed by atoms with van der Waals surface area (Å²) >= 11 is 0. The van der Waals surface area contributed by atoms with Crippen LogP contribution in [0.25, 0.3) is 0 Å². The van der Waals surface area contributed by atoms with Gasteiger partial charge in [-0.1, -0.05) is 92.7 Å². The van der Waals surface area contributed by atoms with Gasteiger partial charge in [0, 0.05) is 26.4 Å². The van der Waals surface area contributed by atoms with Crippen LogP contribution in [0.15, 0.2) is 11.6 Å². The standard InChI is InChI=1S/C44H78O6/c1-9-13-25-45-30-38-39(46-26-14-10-2)40(47-27-15-11-3)41(48-28-16-12-4)42(50-38)49-33-21-23-43(7)32(29-33)17-18-34-36-20-19-35(31(5)6)44(36,8)24-22-37(34)43/h17,31,33-42H,9-16,18-30H2,1-8H3/t33-,34-,35+,36-,37-,38?,39-,40-,41?,42-,43-,44+/m0/s1. The molecule has 5 rings (SSSR count). The van der Waals surface area contributed by atoms with Crippen molar-refractivity contribution in [3.8, 4) is 0 Å². The Hall–Kier alpha value is -0.500. The first-order valence-electron chi connectivity index (χ1n) is 21.6. The van der Waals surface area contributed by atoms with E-state index < -0.39 is 6.29 Å². The third kappa shape index (κ3) is 9.06. The van der Waals surface area contributed by atoms with E-state index in [0.717, 1.165) is 100 Å². The van der Waals surface area contributed by atoms with E-state index in [9.17, 15) is 0 Å². The van der Waals surface area contributed by atoms with Gasteiger partial charge in [0.2, 0.25) is 0 Å². The molecule has 4 fully saturated rings. The smallest absolute Gasteiger partial charge is 0.187 e. The molecule has 0 spiro atoms. The molecule has 0 bridgehead atoms. The summed E-state index contributed by atoms with van der Waals surface area (Å²) in [5, 5.41) is 0. The van der Waals surface area contributed by atoms with Crippen molar-refractivity contribution in [1.29, 1.82) is 0 Å². The number of unbranched alkanes of at least 4 members (excludes halogenated alkanes) is 4. The molecule has 0 aromatic heterocycles. The molecule has 0 N–H and O–H groups in total. The average Bonchev–Trinajstić information content (AvgIpc) is 3.46. The van der Waals surface area contributed by atoms with Crippen LogP contribution in [0.5, 0.6) is 0 Å². The third-order valence-electron chi connectivity index (χ3n) is 14.2. The van der Waals surface area contributed by atoms with Crippen LogP contribution in [0.4, 0.5) is 0 Å². The molecule has 50 heavy (non-hydrogen) atoms. The molecule has 12 atom stereocenters. The van der Waals surface area contributed by atoms with Gasteiger partial charge in [-0.25, -0.2) is 0 Å². The Kier molecular flexibility index (Phi) is 15.6. The van der Waals surface area contributed by atoms with Gasteiger partial charge < -0.3 is 28.4 Å². The van der Waals surface area contributed by atoms with Crippen LogP contribution in [-0.4, -0.2) is 69.8 Å². The highest BCUT2D eigenvalue weighted by Crippen LogP contribution is 2.67. The molecule has 3 saturated carbocycles. The van der Waals surface area contributed by atoms with Crippen LogP contribution in [0.3, 0.4) is 0 Å². The molecular weight excluding hydrogens is 624 g/mol. The lowest BCUT2D eigenvalue weighted by Crippen LogP contribution is -2.62.